The van der Waals surface area contributed by atoms with Crippen molar-refractivity contribution in [2.24, 2.45) is 4.99 Å². The van der Waals surface area contributed by atoms with E-state index < -0.39 is 24.6 Å². The van der Waals surface area contributed by atoms with Crippen molar-refractivity contribution in [1.82, 2.24) is 4.57 Å². The predicted molar refractivity (Wildman–Crippen MR) is 143 cm³/mol. The molecule has 2 heterocycles. The molecule has 1 aromatic heterocycles. The lowest BCUT2D eigenvalue weighted by atomic mass is 9.95. The number of methoxy groups -OCH3 is 1. The van der Waals surface area contributed by atoms with E-state index in [0.717, 1.165) is 11.1 Å². The first kappa shape index (κ1) is 27.2. The Bertz CT molecular complexity index is 1620. The minimum atomic E-state index is -1.16. The smallest absolute Gasteiger partial charge is 0.341 e. The second-order valence-electron chi connectivity index (χ2n) is 8.43. The van der Waals surface area contributed by atoms with Gasteiger partial charge >= 0.3 is 11.9 Å². The summed E-state index contributed by atoms with van der Waals surface area (Å²) < 4.78 is 17.8. The number of hydrogen-bond acceptors (Lipinski definition) is 8. The van der Waals surface area contributed by atoms with Gasteiger partial charge in [0.15, 0.2) is 22.9 Å². The number of aryl methyl sites for hydroxylation is 1. The van der Waals surface area contributed by atoms with Crippen LogP contribution in [0.5, 0.6) is 11.5 Å². The second kappa shape index (κ2) is 11.2. The van der Waals surface area contributed by atoms with Gasteiger partial charge in [0.25, 0.3) is 5.56 Å². The third kappa shape index (κ3) is 5.36. The third-order valence-electron chi connectivity index (χ3n) is 5.80. The summed E-state index contributed by atoms with van der Waals surface area (Å²) in [4.78, 5) is 42.6. The van der Waals surface area contributed by atoms with Gasteiger partial charge in [0.1, 0.15) is 0 Å². The van der Waals surface area contributed by atoms with Crippen molar-refractivity contribution in [1.29, 1.82) is 0 Å². The molecule has 1 aliphatic heterocycles. The molecule has 0 spiro atoms. The van der Waals surface area contributed by atoms with Gasteiger partial charge in [-0.05, 0) is 50.1 Å². The van der Waals surface area contributed by atoms with E-state index in [0.29, 0.717) is 26.2 Å². The Labute approximate surface area is 226 Å². The maximum absolute atomic E-state index is 13.7. The van der Waals surface area contributed by atoms with Gasteiger partial charge in [0, 0.05) is 0 Å². The van der Waals surface area contributed by atoms with Crippen LogP contribution in [-0.2, 0) is 14.3 Å². The molecule has 1 atom stereocenters. The molecule has 0 saturated heterocycles. The number of benzene rings is 2. The summed E-state index contributed by atoms with van der Waals surface area (Å²) in [6.07, 6.45) is 1.63. The summed E-state index contributed by atoms with van der Waals surface area (Å²) >= 11 is 7.52. The molecule has 0 amide bonds. The Morgan fingerprint density at radius 1 is 1.21 bits per heavy atom. The molecule has 2 aromatic carbocycles. The van der Waals surface area contributed by atoms with Gasteiger partial charge in [-0.1, -0.05) is 52.8 Å². The number of aromatic nitrogens is 1. The topological polar surface area (TPSA) is 116 Å². The molecule has 198 valence electrons. The Hall–Kier alpha value is -3.89. The molecule has 9 nitrogen and oxygen atoms in total. The van der Waals surface area contributed by atoms with E-state index in [1.165, 1.54) is 23.0 Å². The number of thiazole rings is 1. The van der Waals surface area contributed by atoms with Crippen LogP contribution in [0.25, 0.3) is 6.08 Å². The Morgan fingerprint density at radius 3 is 2.55 bits per heavy atom. The minimum absolute atomic E-state index is 0.0873. The van der Waals surface area contributed by atoms with Crippen molar-refractivity contribution < 1.29 is 28.9 Å². The van der Waals surface area contributed by atoms with E-state index >= 15 is 0 Å². The van der Waals surface area contributed by atoms with Crippen LogP contribution in [-0.4, -0.2) is 41.9 Å². The van der Waals surface area contributed by atoms with Gasteiger partial charge in [-0.3, -0.25) is 9.36 Å². The number of esters is 1. The monoisotopic (exact) mass is 556 g/mol. The zero-order valence-electron chi connectivity index (χ0n) is 21.1. The Kier molecular flexibility index (Phi) is 8.03. The average Bonchev–Trinajstić information content (AvgIpc) is 3.16. The average molecular weight is 557 g/mol. The van der Waals surface area contributed by atoms with Crippen molar-refractivity contribution in [2.75, 3.05) is 20.3 Å². The van der Waals surface area contributed by atoms with Crippen molar-refractivity contribution in [3.63, 3.8) is 0 Å². The molecule has 0 fully saturated rings. The van der Waals surface area contributed by atoms with Crippen LogP contribution in [0, 0.1) is 6.92 Å². The van der Waals surface area contributed by atoms with Crippen molar-refractivity contribution in [2.45, 2.75) is 26.8 Å². The number of halogens is 1. The van der Waals surface area contributed by atoms with E-state index in [-0.39, 0.29) is 28.7 Å². The maximum atomic E-state index is 13.7. The second-order valence-corrected chi connectivity index (χ2v) is 9.85. The highest BCUT2D eigenvalue weighted by atomic mass is 35.5. The van der Waals surface area contributed by atoms with Crippen LogP contribution in [0.4, 0.5) is 0 Å². The highest BCUT2D eigenvalue weighted by molar-refractivity contribution is 7.07. The lowest BCUT2D eigenvalue weighted by molar-refractivity contribution is -0.140. The fraction of sp³-hybridized carbons (Fsp3) is 0.259. The number of carboxylic acids is 1. The summed E-state index contributed by atoms with van der Waals surface area (Å²) in [5.41, 5.74) is 2.78. The quantitative estimate of drug-likeness (QED) is 0.423. The summed E-state index contributed by atoms with van der Waals surface area (Å²) in [6, 6.07) is 10.0. The van der Waals surface area contributed by atoms with E-state index in [1.807, 2.05) is 31.2 Å². The number of hydrogen-bond donors (Lipinski definition) is 1. The lowest BCUT2D eigenvalue weighted by Gasteiger charge is -2.24. The van der Waals surface area contributed by atoms with E-state index in [4.69, 9.17) is 30.9 Å². The first-order valence-corrected chi connectivity index (χ1v) is 12.8. The molecule has 0 aliphatic carbocycles. The van der Waals surface area contributed by atoms with Crippen LogP contribution in [0.2, 0.25) is 5.02 Å². The summed E-state index contributed by atoms with van der Waals surface area (Å²) in [7, 11) is 1.40. The normalized spacial score (nSPS) is 15.1. The highest BCUT2D eigenvalue weighted by Gasteiger charge is 2.33. The number of carbonyl (C=O) groups is 2. The third-order valence-corrected chi connectivity index (χ3v) is 7.06. The fourth-order valence-corrected chi connectivity index (χ4v) is 5.42. The first-order valence-electron chi connectivity index (χ1n) is 11.6. The van der Waals surface area contributed by atoms with Crippen molar-refractivity contribution in [3.8, 4) is 11.5 Å². The summed E-state index contributed by atoms with van der Waals surface area (Å²) in [5.74, 6) is -1.38. The molecule has 11 heteroatoms. The standard InChI is InChI=1S/C27H25ClN2O7S/c1-5-36-26(34)22-15(3)29-27-30(23(22)17-8-6-14(2)7-9-17)25(33)20(38-27)12-16-10-18(28)24(19(11-16)35-4)37-13-21(31)32/h6-12,23H,5,13H2,1-4H3,(H,31,32)/b20-12+/t23-/m1/s1. The predicted octanol–water partition coefficient (Wildman–Crippen LogP) is 3.23. The molecule has 1 N–H and O–H groups in total. The van der Waals surface area contributed by atoms with Gasteiger partial charge in [-0.25, -0.2) is 14.6 Å². The van der Waals surface area contributed by atoms with Crippen LogP contribution in [0.15, 0.2) is 57.5 Å². The summed E-state index contributed by atoms with van der Waals surface area (Å²) in [5, 5.41) is 9.04. The van der Waals surface area contributed by atoms with E-state index in [1.54, 1.807) is 32.1 Å². The maximum Gasteiger partial charge on any atom is 0.341 e. The fourth-order valence-electron chi connectivity index (χ4n) is 4.10. The molecule has 3 aromatic rings. The van der Waals surface area contributed by atoms with Gasteiger partial charge < -0.3 is 19.3 Å². The lowest BCUT2D eigenvalue weighted by Crippen LogP contribution is -2.39. The Balaban J connectivity index is 1.88. The Morgan fingerprint density at radius 2 is 1.92 bits per heavy atom. The number of carboxylic acid groups (broad SMARTS) is 1. The molecule has 38 heavy (non-hydrogen) atoms. The molecular weight excluding hydrogens is 532 g/mol. The molecular formula is C27H25ClN2O7S. The number of aliphatic carboxylic acids is 1. The molecule has 0 bridgehead atoms. The van der Waals surface area contributed by atoms with Gasteiger partial charge in [-0.15, -0.1) is 0 Å². The van der Waals surface area contributed by atoms with Crippen LogP contribution in [0.3, 0.4) is 0 Å². The van der Waals surface area contributed by atoms with E-state index in [9.17, 15) is 14.4 Å². The van der Waals surface area contributed by atoms with Crippen LogP contribution in [0.1, 0.15) is 36.6 Å². The number of fused-ring (bicyclic) bond motifs is 1. The first-order chi connectivity index (χ1) is 18.1. The van der Waals surface area contributed by atoms with Crippen LogP contribution < -0.4 is 24.4 Å². The number of nitrogens with zero attached hydrogens (tertiary/aromatic N) is 2. The van der Waals surface area contributed by atoms with Gasteiger partial charge in [0.2, 0.25) is 0 Å². The highest BCUT2D eigenvalue weighted by Crippen LogP contribution is 2.36. The van der Waals surface area contributed by atoms with Crippen LogP contribution >= 0.6 is 22.9 Å². The largest absolute Gasteiger partial charge is 0.493 e. The van der Waals surface area contributed by atoms with E-state index in [2.05, 4.69) is 4.99 Å². The molecule has 0 saturated carbocycles. The molecule has 0 radical (unpaired) electrons. The van der Waals surface area contributed by atoms with Crippen molar-refractivity contribution in [3.05, 3.63) is 89.1 Å². The summed E-state index contributed by atoms with van der Waals surface area (Å²) in [6.45, 7) is 5.01. The number of allylic oxidation sites excluding steroid dienone is 1. The zero-order chi connectivity index (χ0) is 27.6. The molecule has 4 rings (SSSR count). The number of carbonyl (C=O) groups excluding carboxylic acids is 1. The minimum Gasteiger partial charge on any atom is -0.493 e. The van der Waals surface area contributed by atoms with Crippen molar-refractivity contribution >= 4 is 41.0 Å². The van der Waals surface area contributed by atoms with Gasteiger partial charge in [-0.2, -0.15) is 0 Å². The van der Waals surface area contributed by atoms with Gasteiger partial charge in [0.05, 0.1) is 40.6 Å². The zero-order valence-corrected chi connectivity index (χ0v) is 22.7. The SMILES string of the molecule is CCOC(=O)C1=C(C)N=c2s/c(=C/c3cc(Cl)c(OCC(=O)O)c(OC)c3)c(=O)n2[C@@H]1c1ccc(C)cc1. The molecule has 1 aliphatic rings. The number of rotatable bonds is 8. The molecule has 0 unspecified atom stereocenters. The number of ether oxygens (including phenoxy) is 3.